The number of nitrogens with one attached hydrogen (secondary N) is 1. The molecule has 0 radical (unpaired) electrons. The van der Waals surface area contributed by atoms with E-state index in [0.29, 0.717) is 5.92 Å². The van der Waals surface area contributed by atoms with Gasteiger partial charge in [-0.1, -0.05) is 37.6 Å². The second-order valence-electron chi connectivity index (χ2n) is 5.54. The smallest absolute Gasteiger partial charge is 0.0954 e. The second-order valence-corrected chi connectivity index (χ2v) is 5.98. The van der Waals surface area contributed by atoms with E-state index in [0.717, 1.165) is 18.1 Å². The lowest BCUT2D eigenvalue weighted by Gasteiger charge is -2.18. The summed E-state index contributed by atoms with van der Waals surface area (Å²) in [6, 6.07) is 8.25. The van der Waals surface area contributed by atoms with Crippen LogP contribution in [0.3, 0.4) is 0 Å². The lowest BCUT2D eigenvalue weighted by atomic mass is 10.1. The molecule has 1 aromatic carbocycles. The molecule has 2 aromatic rings. The van der Waals surface area contributed by atoms with E-state index >= 15 is 0 Å². The predicted octanol–water partition coefficient (Wildman–Crippen LogP) is 3.89. The average Bonchev–Trinajstić information content (AvgIpc) is 2.87. The van der Waals surface area contributed by atoms with Crippen LogP contribution >= 0.6 is 11.6 Å². The van der Waals surface area contributed by atoms with Gasteiger partial charge in [-0.25, -0.2) is 4.98 Å². The molecular formula is C16H22ClN3. The highest BCUT2D eigenvalue weighted by Crippen LogP contribution is 2.21. The Kier molecular flexibility index (Phi) is 5.21. The number of nitrogens with zero attached hydrogens (tertiary/aromatic N) is 2. The lowest BCUT2D eigenvalue weighted by molar-refractivity contribution is 0.525. The minimum Gasteiger partial charge on any atom is -0.326 e. The van der Waals surface area contributed by atoms with Gasteiger partial charge in [0, 0.05) is 17.8 Å². The third-order valence-electron chi connectivity index (χ3n) is 3.37. The summed E-state index contributed by atoms with van der Waals surface area (Å²) in [7, 11) is 0. The first kappa shape index (κ1) is 15.1. The van der Waals surface area contributed by atoms with Gasteiger partial charge in [0.1, 0.15) is 0 Å². The molecule has 3 nitrogen and oxygen atoms in total. The molecule has 0 fully saturated rings. The van der Waals surface area contributed by atoms with Crippen molar-refractivity contribution in [3.8, 4) is 0 Å². The minimum absolute atomic E-state index is 0.255. The van der Waals surface area contributed by atoms with Crippen LogP contribution in [0.2, 0.25) is 5.02 Å². The Labute approximate surface area is 126 Å². The molecule has 0 spiro atoms. The molecule has 0 bridgehead atoms. The maximum atomic E-state index is 5.94. The summed E-state index contributed by atoms with van der Waals surface area (Å²) in [5.41, 5.74) is 2.44. The van der Waals surface area contributed by atoms with E-state index in [1.54, 1.807) is 0 Å². The van der Waals surface area contributed by atoms with Crippen LogP contribution in [0.15, 0.2) is 36.8 Å². The summed E-state index contributed by atoms with van der Waals surface area (Å²) >= 11 is 5.94. The van der Waals surface area contributed by atoms with Crippen molar-refractivity contribution in [2.75, 3.05) is 6.54 Å². The molecule has 1 aromatic heterocycles. The minimum atomic E-state index is 0.255. The van der Waals surface area contributed by atoms with Gasteiger partial charge in [-0.05, 0) is 37.1 Å². The van der Waals surface area contributed by atoms with Gasteiger partial charge in [0.05, 0.1) is 18.1 Å². The molecule has 0 aliphatic rings. The van der Waals surface area contributed by atoms with Gasteiger partial charge < -0.3 is 9.88 Å². The lowest BCUT2D eigenvalue weighted by Crippen LogP contribution is -2.21. The molecule has 0 amide bonds. The maximum absolute atomic E-state index is 5.94. The molecule has 0 saturated heterocycles. The summed E-state index contributed by atoms with van der Waals surface area (Å²) in [6.07, 6.45) is 3.82. The number of rotatable bonds is 6. The zero-order chi connectivity index (χ0) is 14.5. The van der Waals surface area contributed by atoms with Crippen LogP contribution in [-0.4, -0.2) is 16.1 Å². The fraction of sp³-hybridized carbons (Fsp3) is 0.438. The van der Waals surface area contributed by atoms with Crippen molar-refractivity contribution in [1.29, 1.82) is 0 Å². The quantitative estimate of drug-likeness (QED) is 0.875. The standard InChI is InChI=1S/C16H22ClN3/c1-12(2)8-18-9-16-10-19-11-20(16)13(3)14-4-6-15(17)7-5-14/h4-7,10-13,18H,8-9H2,1-3H3. The van der Waals surface area contributed by atoms with Gasteiger partial charge in [0.15, 0.2) is 0 Å². The Morgan fingerprint density at radius 2 is 1.90 bits per heavy atom. The highest BCUT2D eigenvalue weighted by Gasteiger charge is 2.11. The molecule has 0 aliphatic heterocycles. The monoisotopic (exact) mass is 291 g/mol. The number of hydrogen-bond donors (Lipinski definition) is 1. The first-order valence-electron chi connectivity index (χ1n) is 7.05. The van der Waals surface area contributed by atoms with Gasteiger partial charge in [0.25, 0.3) is 0 Å². The van der Waals surface area contributed by atoms with Gasteiger partial charge in [-0.15, -0.1) is 0 Å². The number of benzene rings is 1. The highest BCUT2D eigenvalue weighted by molar-refractivity contribution is 6.30. The van der Waals surface area contributed by atoms with Crippen LogP contribution in [-0.2, 0) is 6.54 Å². The van der Waals surface area contributed by atoms with Gasteiger partial charge in [-0.3, -0.25) is 0 Å². The molecule has 108 valence electrons. The molecule has 20 heavy (non-hydrogen) atoms. The zero-order valence-electron chi connectivity index (χ0n) is 12.3. The Morgan fingerprint density at radius 1 is 1.20 bits per heavy atom. The Morgan fingerprint density at radius 3 is 2.55 bits per heavy atom. The van der Waals surface area contributed by atoms with Crippen molar-refractivity contribution in [2.45, 2.75) is 33.4 Å². The first-order valence-corrected chi connectivity index (χ1v) is 7.42. The van der Waals surface area contributed by atoms with E-state index in [1.165, 1.54) is 11.3 Å². The van der Waals surface area contributed by atoms with E-state index in [4.69, 9.17) is 11.6 Å². The third-order valence-corrected chi connectivity index (χ3v) is 3.63. The first-order chi connectivity index (χ1) is 9.58. The summed E-state index contributed by atoms with van der Waals surface area (Å²) in [4.78, 5) is 4.28. The summed E-state index contributed by atoms with van der Waals surface area (Å²) in [5, 5.41) is 4.23. The van der Waals surface area contributed by atoms with Crippen LogP contribution in [0, 0.1) is 5.92 Å². The fourth-order valence-electron chi connectivity index (χ4n) is 2.21. The van der Waals surface area contributed by atoms with Crippen molar-refractivity contribution < 1.29 is 0 Å². The third kappa shape index (κ3) is 3.84. The Bertz CT molecular complexity index is 531. The second kappa shape index (κ2) is 6.91. The molecule has 1 unspecified atom stereocenters. The van der Waals surface area contributed by atoms with Crippen molar-refractivity contribution in [2.24, 2.45) is 5.92 Å². The number of imidazole rings is 1. The van der Waals surface area contributed by atoms with Crippen molar-refractivity contribution in [3.05, 3.63) is 53.1 Å². The maximum Gasteiger partial charge on any atom is 0.0954 e. The van der Waals surface area contributed by atoms with Crippen molar-refractivity contribution in [3.63, 3.8) is 0 Å². The molecule has 1 atom stereocenters. The zero-order valence-corrected chi connectivity index (χ0v) is 13.1. The molecule has 2 rings (SSSR count). The molecule has 0 aliphatic carbocycles. The number of aromatic nitrogens is 2. The van der Waals surface area contributed by atoms with E-state index in [-0.39, 0.29) is 6.04 Å². The van der Waals surface area contributed by atoms with Gasteiger partial charge in [0.2, 0.25) is 0 Å². The van der Waals surface area contributed by atoms with Gasteiger partial charge in [-0.2, -0.15) is 0 Å². The van der Waals surface area contributed by atoms with Crippen LogP contribution in [0.25, 0.3) is 0 Å². The predicted molar refractivity (Wildman–Crippen MR) is 84.0 cm³/mol. The molecule has 1 N–H and O–H groups in total. The van der Waals surface area contributed by atoms with Crippen molar-refractivity contribution in [1.82, 2.24) is 14.9 Å². The molecular weight excluding hydrogens is 270 g/mol. The molecule has 1 heterocycles. The van der Waals surface area contributed by atoms with E-state index in [1.807, 2.05) is 24.7 Å². The topological polar surface area (TPSA) is 29.9 Å². The number of halogens is 1. The summed E-state index contributed by atoms with van der Waals surface area (Å²) in [5.74, 6) is 0.653. The van der Waals surface area contributed by atoms with E-state index < -0.39 is 0 Å². The largest absolute Gasteiger partial charge is 0.326 e. The number of hydrogen-bond acceptors (Lipinski definition) is 2. The Balaban J connectivity index is 2.08. The summed E-state index contributed by atoms with van der Waals surface area (Å²) < 4.78 is 2.20. The highest BCUT2D eigenvalue weighted by atomic mass is 35.5. The molecule has 0 saturated carbocycles. The average molecular weight is 292 g/mol. The van der Waals surface area contributed by atoms with Crippen molar-refractivity contribution >= 4 is 11.6 Å². The van der Waals surface area contributed by atoms with Crippen LogP contribution < -0.4 is 5.32 Å². The normalized spacial score (nSPS) is 12.8. The Hall–Kier alpha value is -1.32. The van der Waals surface area contributed by atoms with Gasteiger partial charge >= 0.3 is 0 Å². The fourth-order valence-corrected chi connectivity index (χ4v) is 2.33. The SMILES string of the molecule is CC(C)CNCc1cncn1C(C)c1ccc(Cl)cc1. The van der Waals surface area contributed by atoms with E-state index in [2.05, 4.69) is 47.8 Å². The van der Waals surface area contributed by atoms with Crippen LogP contribution in [0.1, 0.15) is 38.1 Å². The van der Waals surface area contributed by atoms with Crippen LogP contribution in [0.4, 0.5) is 0 Å². The van der Waals surface area contributed by atoms with Crippen LogP contribution in [0.5, 0.6) is 0 Å². The summed E-state index contributed by atoms with van der Waals surface area (Å²) in [6.45, 7) is 8.45. The molecule has 4 heteroatoms. The van der Waals surface area contributed by atoms with E-state index in [9.17, 15) is 0 Å².